The molecule has 0 saturated carbocycles. The number of halogens is 1. The molecule has 0 unspecified atom stereocenters. The van der Waals surface area contributed by atoms with Gasteiger partial charge in [0.15, 0.2) is 11.5 Å². The molecule has 0 amide bonds. The minimum absolute atomic E-state index is 0.0771. The lowest BCUT2D eigenvalue weighted by atomic mass is 9.97. The smallest absolute Gasteiger partial charge is 0.215 e. The molecule has 1 heterocycles. The average molecular weight is 413 g/mol. The summed E-state index contributed by atoms with van der Waals surface area (Å²) in [5, 5.41) is 10.5. The zero-order chi connectivity index (χ0) is 21.8. The molecular weight excluding hydrogens is 389 g/mol. The summed E-state index contributed by atoms with van der Waals surface area (Å²) < 4.78 is 30.9. The summed E-state index contributed by atoms with van der Waals surface area (Å²) in [6.07, 6.45) is 1.75. The Hall–Kier alpha value is -3.19. The van der Waals surface area contributed by atoms with Gasteiger partial charge in [-0.15, -0.1) is 0 Å². The van der Waals surface area contributed by atoms with E-state index in [9.17, 15) is 14.3 Å². The minimum atomic E-state index is -0.661. The van der Waals surface area contributed by atoms with Gasteiger partial charge in [-0.3, -0.25) is 9.78 Å². The van der Waals surface area contributed by atoms with Crippen LogP contribution in [0.3, 0.4) is 0 Å². The predicted octanol–water partition coefficient (Wildman–Crippen LogP) is 3.94. The normalized spacial score (nSPS) is 11.0. The molecule has 3 aromatic rings. The zero-order valence-corrected chi connectivity index (χ0v) is 17.4. The van der Waals surface area contributed by atoms with Crippen LogP contribution in [0.2, 0.25) is 0 Å². The number of hydrogen-bond acceptors (Lipinski definition) is 6. The SMILES string of the molecule is COc1cc2c(CCO)cnc(C(=O)c3cc(OC(C)C)ccc3F)c2cc1OC. The summed E-state index contributed by atoms with van der Waals surface area (Å²) in [7, 11) is 3.00. The van der Waals surface area contributed by atoms with Crippen molar-refractivity contribution in [2.24, 2.45) is 0 Å². The summed E-state index contributed by atoms with van der Waals surface area (Å²) in [6, 6.07) is 7.44. The maximum absolute atomic E-state index is 14.5. The van der Waals surface area contributed by atoms with Crippen molar-refractivity contribution in [2.45, 2.75) is 26.4 Å². The number of aliphatic hydroxyl groups excluding tert-OH is 1. The molecule has 2 aromatic carbocycles. The fourth-order valence-corrected chi connectivity index (χ4v) is 3.27. The Labute approximate surface area is 174 Å². The number of nitrogens with zero attached hydrogens (tertiary/aromatic N) is 1. The third-order valence-electron chi connectivity index (χ3n) is 4.62. The molecule has 3 rings (SSSR count). The van der Waals surface area contributed by atoms with Gasteiger partial charge in [0.05, 0.1) is 25.9 Å². The van der Waals surface area contributed by atoms with Crippen molar-refractivity contribution < 1.29 is 28.5 Å². The molecule has 0 aliphatic rings. The Balaban J connectivity index is 2.20. The van der Waals surface area contributed by atoms with Crippen LogP contribution in [-0.2, 0) is 6.42 Å². The molecule has 1 N–H and O–H groups in total. The van der Waals surface area contributed by atoms with Gasteiger partial charge in [0, 0.05) is 18.2 Å². The van der Waals surface area contributed by atoms with Gasteiger partial charge in [0.2, 0.25) is 5.78 Å². The number of ether oxygens (including phenoxy) is 3. The fourth-order valence-electron chi connectivity index (χ4n) is 3.27. The van der Waals surface area contributed by atoms with E-state index in [4.69, 9.17) is 14.2 Å². The van der Waals surface area contributed by atoms with Gasteiger partial charge >= 0.3 is 0 Å². The molecule has 0 aliphatic heterocycles. The highest BCUT2D eigenvalue weighted by atomic mass is 19.1. The number of rotatable bonds is 8. The van der Waals surface area contributed by atoms with E-state index < -0.39 is 11.6 Å². The first-order valence-electron chi connectivity index (χ1n) is 9.55. The maximum Gasteiger partial charge on any atom is 0.215 e. The predicted molar refractivity (Wildman–Crippen MR) is 111 cm³/mol. The van der Waals surface area contributed by atoms with Gasteiger partial charge < -0.3 is 19.3 Å². The fraction of sp³-hybridized carbons (Fsp3) is 0.304. The van der Waals surface area contributed by atoms with Crippen molar-refractivity contribution in [3.63, 3.8) is 0 Å². The van der Waals surface area contributed by atoms with Crippen LogP contribution < -0.4 is 14.2 Å². The van der Waals surface area contributed by atoms with Crippen LogP contribution >= 0.6 is 0 Å². The highest BCUT2D eigenvalue weighted by Crippen LogP contribution is 2.35. The summed E-state index contributed by atoms with van der Waals surface area (Å²) >= 11 is 0. The number of fused-ring (bicyclic) bond motifs is 1. The lowest BCUT2D eigenvalue weighted by Crippen LogP contribution is -2.11. The number of carbonyl (C=O) groups is 1. The minimum Gasteiger partial charge on any atom is -0.493 e. The van der Waals surface area contributed by atoms with Crippen molar-refractivity contribution in [3.8, 4) is 17.2 Å². The van der Waals surface area contributed by atoms with E-state index in [1.165, 1.54) is 38.6 Å². The van der Waals surface area contributed by atoms with Crippen LogP contribution in [0.5, 0.6) is 17.2 Å². The number of aromatic nitrogens is 1. The lowest BCUT2D eigenvalue weighted by molar-refractivity contribution is 0.103. The van der Waals surface area contributed by atoms with E-state index in [0.717, 1.165) is 5.56 Å². The molecule has 0 atom stereocenters. The number of hydrogen-bond donors (Lipinski definition) is 1. The first-order valence-corrected chi connectivity index (χ1v) is 9.55. The first kappa shape index (κ1) is 21.5. The third-order valence-corrected chi connectivity index (χ3v) is 4.62. The second-order valence-electron chi connectivity index (χ2n) is 7.00. The van der Waals surface area contributed by atoms with E-state index >= 15 is 0 Å². The van der Waals surface area contributed by atoms with Gasteiger partial charge in [-0.1, -0.05) is 0 Å². The highest BCUT2D eigenvalue weighted by Gasteiger charge is 2.22. The van der Waals surface area contributed by atoms with E-state index in [1.54, 1.807) is 12.1 Å². The standard InChI is InChI=1S/C23H24FNO5/c1-13(2)30-15-5-6-19(24)18(9-15)23(27)22-17-11-21(29-4)20(28-3)10-16(17)14(7-8-26)12-25-22/h5-6,9-13,26H,7-8H2,1-4H3. The Morgan fingerprint density at radius 1 is 1.10 bits per heavy atom. The summed E-state index contributed by atoms with van der Waals surface area (Å²) in [6.45, 7) is 3.61. The van der Waals surface area contributed by atoms with Gasteiger partial charge in [0.1, 0.15) is 17.3 Å². The summed E-state index contributed by atoms with van der Waals surface area (Å²) in [5.41, 5.74) is 0.683. The molecule has 6 nitrogen and oxygen atoms in total. The molecule has 0 aliphatic carbocycles. The molecule has 0 radical (unpaired) electrons. The molecule has 0 fully saturated rings. The van der Waals surface area contributed by atoms with Gasteiger partial charge in [-0.25, -0.2) is 4.39 Å². The van der Waals surface area contributed by atoms with Crippen LogP contribution in [0.25, 0.3) is 10.8 Å². The quantitative estimate of drug-likeness (QED) is 0.564. The molecule has 7 heteroatoms. The molecule has 158 valence electrons. The Morgan fingerprint density at radius 2 is 1.77 bits per heavy atom. The molecule has 0 bridgehead atoms. The monoisotopic (exact) mass is 413 g/mol. The second-order valence-corrected chi connectivity index (χ2v) is 7.00. The van der Waals surface area contributed by atoms with Crippen LogP contribution in [0, 0.1) is 5.82 Å². The number of aliphatic hydroxyl groups is 1. The van der Waals surface area contributed by atoms with Crippen LogP contribution in [0.4, 0.5) is 4.39 Å². The number of pyridine rings is 1. The Bertz CT molecular complexity index is 1080. The maximum atomic E-state index is 14.5. The van der Waals surface area contributed by atoms with Crippen molar-refractivity contribution in [3.05, 3.63) is 59.2 Å². The molecule has 0 spiro atoms. The lowest BCUT2D eigenvalue weighted by Gasteiger charge is -2.15. The second kappa shape index (κ2) is 9.09. The van der Waals surface area contributed by atoms with E-state index in [1.807, 2.05) is 13.8 Å². The van der Waals surface area contributed by atoms with Crippen molar-refractivity contribution in [1.82, 2.24) is 4.98 Å². The Kier molecular flexibility index (Phi) is 6.52. The van der Waals surface area contributed by atoms with Crippen molar-refractivity contribution >= 4 is 16.6 Å². The average Bonchev–Trinajstić information content (AvgIpc) is 2.73. The summed E-state index contributed by atoms with van der Waals surface area (Å²) in [5.74, 6) is 0.0577. The van der Waals surface area contributed by atoms with E-state index in [2.05, 4.69) is 4.98 Å². The Morgan fingerprint density at radius 3 is 2.37 bits per heavy atom. The van der Waals surface area contributed by atoms with Crippen LogP contribution in [0.15, 0.2) is 36.5 Å². The number of carbonyl (C=O) groups excluding carboxylic acids is 1. The number of methoxy groups -OCH3 is 2. The van der Waals surface area contributed by atoms with Gasteiger partial charge in [-0.2, -0.15) is 0 Å². The zero-order valence-electron chi connectivity index (χ0n) is 17.4. The topological polar surface area (TPSA) is 77.9 Å². The highest BCUT2D eigenvalue weighted by molar-refractivity contribution is 6.16. The van der Waals surface area contributed by atoms with Crippen molar-refractivity contribution in [1.29, 1.82) is 0 Å². The van der Waals surface area contributed by atoms with Crippen LogP contribution in [-0.4, -0.2) is 42.8 Å². The van der Waals surface area contributed by atoms with E-state index in [-0.39, 0.29) is 24.0 Å². The van der Waals surface area contributed by atoms with Gasteiger partial charge in [0.25, 0.3) is 0 Å². The largest absolute Gasteiger partial charge is 0.493 e. The van der Waals surface area contributed by atoms with Crippen LogP contribution in [0.1, 0.15) is 35.5 Å². The van der Waals surface area contributed by atoms with Crippen molar-refractivity contribution in [2.75, 3.05) is 20.8 Å². The first-order chi connectivity index (χ1) is 14.4. The van der Waals surface area contributed by atoms with E-state index in [0.29, 0.717) is 34.4 Å². The molecule has 1 aromatic heterocycles. The summed E-state index contributed by atoms with van der Waals surface area (Å²) in [4.78, 5) is 17.6. The number of benzene rings is 2. The molecular formula is C23H24FNO5. The third kappa shape index (κ3) is 4.21. The van der Waals surface area contributed by atoms with Gasteiger partial charge in [-0.05, 0) is 61.5 Å². The number of ketones is 1. The molecule has 30 heavy (non-hydrogen) atoms. The molecule has 0 saturated heterocycles.